The van der Waals surface area contributed by atoms with Crippen LogP contribution in [0.5, 0.6) is 0 Å². The van der Waals surface area contributed by atoms with Gasteiger partial charge >= 0.3 is 5.97 Å². The molecule has 0 saturated carbocycles. The van der Waals surface area contributed by atoms with Crippen LogP contribution in [0, 0.1) is 5.92 Å². The molecule has 0 aliphatic carbocycles. The van der Waals surface area contributed by atoms with Gasteiger partial charge in [-0.3, -0.25) is 13.8 Å². The molecular weight excluding hydrogens is 282 g/mol. The van der Waals surface area contributed by atoms with Crippen molar-refractivity contribution in [2.24, 2.45) is 5.92 Å². The molecule has 2 saturated heterocycles. The first-order valence-corrected chi connectivity index (χ1v) is 8.52. The third-order valence-corrected chi connectivity index (χ3v) is 5.19. The number of rotatable bonds is 5. The fraction of sp³-hybridized carbons (Fsp3) is 0.846. The van der Waals surface area contributed by atoms with Gasteiger partial charge in [0, 0.05) is 30.5 Å². The van der Waals surface area contributed by atoms with Crippen LogP contribution in [-0.4, -0.2) is 63.4 Å². The highest BCUT2D eigenvalue weighted by Gasteiger charge is 2.28. The Morgan fingerprint density at radius 1 is 1.25 bits per heavy atom. The minimum Gasteiger partial charge on any atom is -0.481 e. The van der Waals surface area contributed by atoms with Crippen LogP contribution in [0.15, 0.2) is 0 Å². The van der Waals surface area contributed by atoms with Gasteiger partial charge in [-0.25, -0.2) is 0 Å². The number of carboxylic acids is 1. The average Bonchev–Trinajstić information content (AvgIpc) is 2.91. The first kappa shape index (κ1) is 15.4. The van der Waals surface area contributed by atoms with E-state index >= 15 is 0 Å². The largest absolute Gasteiger partial charge is 0.481 e. The van der Waals surface area contributed by atoms with E-state index < -0.39 is 16.8 Å². The normalized spacial score (nSPS) is 25.6. The van der Waals surface area contributed by atoms with Gasteiger partial charge in [0.2, 0.25) is 5.91 Å². The van der Waals surface area contributed by atoms with Crippen LogP contribution in [-0.2, 0) is 25.1 Å². The summed E-state index contributed by atoms with van der Waals surface area (Å²) in [7, 11) is -1.19. The zero-order valence-electron chi connectivity index (χ0n) is 11.5. The predicted molar refractivity (Wildman–Crippen MR) is 73.8 cm³/mol. The summed E-state index contributed by atoms with van der Waals surface area (Å²) in [4.78, 5) is 24.5. The lowest BCUT2D eigenvalue weighted by Gasteiger charge is -2.30. The van der Waals surface area contributed by atoms with Crippen LogP contribution in [0.4, 0.5) is 0 Å². The maximum absolute atomic E-state index is 12.0. The van der Waals surface area contributed by atoms with Crippen molar-refractivity contribution < 1.29 is 23.6 Å². The highest BCUT2D eigenvalue weighted by Crippen LogP contribution is 2.18. The van der Waals surface area contributed by atoms with E-state index in [1.54, 1.807) is 4.90 Å². The van der Waals surface area contributed by atoms with Crippen LogP contribution in [0.1, 0.15) is 25.7 Å². The van der Waals surface area contributed by atoms with Crippen molar-refractivity contribution in [3.05, 3.63) is 0 Å². The number of amides is 1. The van der Waals surface area contributed by atoms with Crippen LogP contribution in [0.25, 0.3) is 0 Å². The van der Waals surface area contributed by atoms with Gasteiger partial charge in [0.15, 0.2) is 0 Å². The van der Waals surface area contributed by atoms with Crippen molar-refractivity contribution in [1.82, 2.24) is 4.90 Å². The third kappa shape index (κ3) is 4.28. The van der Waals surface area contributed by atoms with E-state index in [-0.39, 0.29) is 23.7 Å². The highest BCUT2D eigenvalue weighted by atomic mass is 32.2. The van der Waals surface area contributed by atoms with Gasteiger partial charge in [0.25, 0.3) is 0 Å². The summed E-state index contributed by atoms with van der Waals surface area (Å²) in [5, 5.41) is 8.90. The van der Waals surface area contributed by atoms with Gasteiger partial charge in [-0.2, -0.15) is 0 Å². The lowest BCUT2D eigenvalue weighted by Crippen LogP contribution is -2.42. The van der Waals surface area contributed by atoms with Gasteiger partial charge in [-0.05, 0) is 25.7 Å². The second-order valence-electron chi connectivity index (χ2n) is 5.38. The Bertz CT molecular complexity index is 386. The SMILES string of the molecule is O=C(O)C1CCN(C(=O)CS(=O)CC2CCCO2)CC1. The summed E-state index contributed by atoms with van der Waals surface area (Å²) >= 11 is 0. The summed E-state index contributed by atoms with van der Waals surface area (Å²) in [6.07, 6.45) is 2.92. The molecule has 0 aromatic rings. The molecule has 0 aromatic heterocycles. The van der Waals surface area contributed by atoms with E-state index in [1.165, 1.54) is 0 Å². The number of likely N-dealkylation sites (tertiary alicyclic amines) is 1. The molecule has 2 heterocycles. The van der Waals surface area contributed by atoms with Gasteiger partial charge in [-0.1, -0.05) is 0 Å². The quantitative estimate of drug-likeness (QED) is 0.786. The second kappa shape index (κ2) is 7.17. The molecule has 1 amide bonds. The fourth-order valence-corrected chi connectivity index (χ4v) is 3.90. The summed E-state index contributed by atoms with van der Waals surface area (Å²) in [5.41, 5.74) is 0. The minimum absolute atomic E-state index is 0.0254. The van der Waals surface area contributed by atoms with Crippen LogP contribution >= 0.6 is 0 Å². The predicted octanol–water partition coefficient (Wildman–Crippen LogP) is 0.237. The zero-order valence-corrected chi connectivity index (χ0v) is 12.3. The highest BCUT2D eigenvalue weighted by molar-refractivity contribution is 7.85. The number of piperidine rings is 1. The van der Waals surface area contributed by atoms with Crippen molar-refractivity contribution in [3.63, 3.8) is 0 Å². The number of nitrogens with zero attached hydrogens (tertiary/aromatic N) is 1. The Kier molecular flexibility index (Phi) is 5.54. The number of aliphatic carboxylic acids is 1. The smallest absolute Gasteiger partial charge is 0.306 e. The molecule has 114 valence electrons. The third-order valence-electron chi connectivity index (χ3n) is 3.88. The van der Waals surface area contributed by atoms with E-state index in [2.05, 4.69) is 0 Å². The molecular formula is C13H21NO5S. The molecule has 20 heavy (non-hydrogen) atoms. The molecule has 2 aliphatic rings. The van der Waals surface area contributed by atoms with E-state index in [9.17, 15) is 13.8 Å². The van der Waals surface area contributed by atoms with Crippen LogP contribution in [0.2, 0.25) is 0 Å². The number of carbonyl (C=O) groups excluding carboxylic acids is 1. The first-order valence-electron chi connectivity index (χ1n) is 7.03. The summed E-state index contributed by atoms with van der Waals surface area (Å²) in [6.45, 7) is 1.62. The Morgan fingerprint density at radius 3 is 2.50 bits per heavy atom. The molecule has 6 nitrogen and oxygen atoms in total. The molecule has 0 bridgehead atoms. The number of hydrogen-bond donors (Lipinski definition) is 1. The molecule has 1 N–H and O–H groups in total. The average molecular weight is 303 g/mol. The molecule has 7 heteroatoms. The van der Waals surface area contributed by atoms with Gasteiger partial charge in [0.1, 0.15) is 5.75 Å². The van der Waals surface area contributed by atoms with Crippen LogP contribution < -0.4 is 0 Å². The molecule has 0 spiro atoms. The first-order chi connectivity index (χ1) is 9.56. The summed E-state index contributed by atoms with van der Waals surface area (Å²) in [6, 6.07) is 0. The molecule has 0 aromatic carbocycles. The number of ether oxygens (including phenoxy) is 1. The van der Waals surface area contributed by atoms with Gasteiger partial charge < -0.3 is 14.7 Å². The van der Waals surface area contributed by atoms with Crippen molar-refractivity contribution >= 4 is 22.7 Å². The van der Waals surface area contributed by atoms with E-state index in [4.69, 9.17) is 9.84 Å². The Morgan fingerprint density at radius 2 is 1.95 bits per heavy atom. The Hall–Kier alpha value is -0.950. The van der Waals surface area contributed by atoms with Gasteiger partial charge in [-0.15, -0.1) is 0 Å². The maximum atomic E-state index is 12.0. The monoisotopic (exact) mass is 303 g/mol. The number of hydrogen-bond acceptors (Lipinski definition) is 4. The Labute approximate surface area is 120 Å². The van der Waals surface area contributed by atoms with Crippen molar-refractivity contribution in [2.45, 2.75) is 31.8 Å². The molecule has 2 rings (SSSR count). The van der Waals surface area contributed by atoms with Gasteiger partial charge in [0.05, 0.1) is 17.8 Å². The van der Waals surface area contributed by atoms with Crippen LogP contribution in [0.3, 0.4) is 0 Å². The molecule has 2 aliphatic heterocycles. The lowest BCUT2D eigenvalue weighted by atomic mass is 9.97. The summed E-state index contributed by atoms with van der Waals surface area (Å²) < 4.78 is 17.3. The number of carboxylic acid groups (broad SMARTS) is 1. The van der Waals surface area contributed by atoms with E-state index in [0.29, 0.717) is 31.7 Å². The van der Waals surface area contributed by atoms with Crippen molar-refractivity contribution in [3.8, 4) is 0 Å². The Balaban J connectivity index is 1.72. The maximum Gasteiger partial charge on any atom is 0.306 e. The zero-order chi connectivity index (χ0) is 14.5. The topological polar surface area (TPSA) is 83.9 Å². The molecule has 2 unspecified atom stereocenters. The standard InChI is InChI=1S/C13H21NO5S/c15-12(9-20(18)8-11-2-1-7-19-11)14-5-3-10(4-6-14)13(16)17/h10-11H,1-9H2,(H,16,17). The summed E-state index contributed by atoms with van der Waals surface area (Å²) in [5.74, 6) is -0.824. The second-order valence-corrected chi connectivity index (χ2v) is 6.88. The fourth-order valence-electron chi connectivity index (χ4n) is 2.65. The molecule has 0 radical (unpaired) electrons. The van der Waals surface area contributed by atoms with E-state index in [0.717, 1.165) is 19.4 Å². The lowest BCUT2D eigenvalue weighted by molar-refractivity contribution is -0.145. The minimum atomic E-state index is -1.19. The number of carbonyl (C=O) groups is 2. The molecule has 2 atom stereocenters. The van der Waals surface area contributed by atoms with E-state index in [1.807, 2.05) is 0 Å². The van der Waals surface area contributed by atoms with Crippen molar-refractivity contribution in [1.29, 1.82) is 0 Å². The molecule has 2 fully saturated rings. The van der Waals surface area contributed by atoms with Crippen molar-refractivity contribution in [2.75, 3.05) is 31.2 Å².